The molecule has 1 aliphatic carbocycles. The molecule has 1 unspecified atom stereocenters. The molecule has 1 atom stereocenters. The minimum Gasteiger partial charge on any atom is -0.464 e. The summed E-state index contributed by atoms with van der Waals surface area (Å²) in [4.78, 5) is 10.9. The van der Waals surface area contributed by atoms with E-state index in [0.717, 1.165) is 26.4 Å². The van der Waals surface area contributed by atoms with Gasteiger partial charge in [-0.2, -0.15) is 0 Å². The third kappa shape index (κ3) is 6.25. The van der Waals surface area contributed by atoms with Gasteiger partial charge in [0.05, 0.1) is 12.7 Å². The second-order valence-corrected chi connectivity index (χ2v) is 3.23. The topological polar surface area (TPSA) is 55.8 Å². The zero-order valence-corrected chi connectivity index (χ0v) is 9.49. The molecule has 0 aromatic heterocycles. The fourth-order valence-electron chi connectivity index (χ4n) is 1.42. The van der Waals surface area contributed by atoms with Gasteiger partial charge in [0.25, 0.3) is 0 Å². The normalized spacial score (nSPS) is 19.4. The summed E-state index contributed by atoms with van der Waals surface area (Å²) in [6, 6.07) is 0. The van der Waals surface area contributed by atoms with Crippen LogP contribution in [-0.4, -0.2) is 37.5 Å². The Morgan fingerprint density at radius 3 is 2.73 bits per heavy atom. The lowest BCUT2D eigenvalue weighted by Gasteiger charge is -2.09. The van der Waals surface area contributed by atoms with Crippen molar-refractivity contribution < 1.29 is 19.4 Å². The van der Waals surface area contributed by atoms with Gasteiger partial charge in [-0.25, -0.2) is 4.79 Å². The summed E-state index contributed by atoms with van der Waals surface area (Å²) in [5, 5.41) is 7.00. The predicted octanol–water partition coefficient (Wildman–Crippen LogP) is 1.28. The minimum atomic E-state index is -0.278. The van der Waals surface area contributed by atoms with Crippen molar-refractivity contribution in [2.24, 2.45) is 0 Å². The van der Waals surface area contributed by atoms with Crippen LogP contribution in [-0.2, 0) is 14.3 Å². The minimum absolute atomic E-state index is 0.0752. The van der Waals surface area contributed by atoms with Crippen LogP contribution < -0.4 is 0 Å². The summed E-state index contributed by atoms with van der Waals surface area (Å²) in [7, 11) is 1.00. The Labute approximate surface area is 90.9 Å². The number of ether oxygens (including phenoxy) is 2. The molecule has 1 aliphatic rings. The standard InChI is InChI=1S/C10H16O3.CH4O/c1-3-12-10(11)7-13-9-5-4-8(2)6-9;1-2/h9H,2-7H2,1H3;2H,1H3. The molecule has 4 nitrogen and oxygen atoms in total. The van der Waals surface area contributed by atoms with Gasteiger partial charge < -0.3 is 14.6 Å². The van der Waals surface area contributed by atoms with E-state index in [-0.39, 0.29) is 18.7 Å². The highest BCUT2D eigenvalue weighted by Crippen LogP contribution is 2.25. The quantitative estimate of drug-likeness (QED) is 0.568. The van der Waals surface area contributed by atoms with Crippen molar-refractivity contribution in [3.63, 3.8) is 0 Å². The molecule has 0 heterocycles. The molecular formula is C11H20O4. The first kappa shape index (κ1) is 14.1. The maximum atomic E-state index is 10.9. The van der Waals surface area contributed by atoms with E-state index in [0.29, 0.717) is 6.61 Å². The van der Waals surface area contributed by atoms with Crippen molar-refractivity contribution in [3.8, 4) is 0 Å². The maximum Gasteiger partial charge on any atom is 0.332 e. The van der Waals surface area contributed by atoms with Crippen molar-refractivity contribution in [1.29, 1.82) is 0 Å². The Kier molecular flexibility index (Phi) is 7.95. The van der Waals surface area contributed by atoms with E-state index >= 15 is 0 Å². The van der Waals surface area contributed by atoms with Crippen LogP contribution in [0, 0.1) is 0 Å². The van der Waals surface area contributed by atoms with Crippen molar-refractivity contribution in [3.05, 3.63) is 12.2 Å². The molecular weight excluding hydrogens is 196 g/mol. The molecule has 1 fully saturated rings. The van der Waals surface area contributed by atoms with Crippen molar-refractivity contribution in [2.75, 3.05) is 20.3 Å². The average molecular weight is 216 g/mol. The lowest BCUT2D eigenvalue weighted by atomic mass is 10.3. The van der Waals surface area contributed by atoms with Crippen LogP contribution in [0.25, 0.3) is 0 Å². The number of rotatable bonds is 4. The summed E-state index contributed by atoms with van der Waals surface area (Å²) in [5.41, 5.74) is 1.22. The monoisotopic (exact) mass is 216 g/mol. The highest BCUT2D eigenvalue weighted by atomic mass is 16.6. The molecule has 0 amide bonds. The fraction of sp³-hybridized carbons (Fsp3) is 0.727. The van der Waals surface area contributed by atoms with Crippen molar-refractivity contribution >= 4 is 5.97 Å². The summed E-state index contributed by atoms with van der Waals surface area (Å²) >= 11 is 0. The van der Waals surface area contributed by atoms with Crippen LogP contribution in [0.5, 0.6) is 0 Å². The van der Waals surface area contributed by atoms with Gasteiger partial charge in [-0.05, 0) is 26.2 Å². The van der Waals surface area contributed by atoms with Gasteiger partial charge in [-0.15, -0.1) is 0 Å². The number of hydrogen-bond donors (Lipinski definition) is 1. The molecule has 0 aliphatic heterocycles. The molecule has 1 rings (SSSR count). The van der Waals surface area contributed by atoms with Crippen LogP contribution in [0.15, 0.2) is 12.2 Å². The number of hydrogen-bond acceptors (Lipinski definition) is 4. The summed E-state index contributed by atoms with van der Waals surface area (Å²) < 4.78 is 10.1. The molecule has 0 spiro atoms. The number of aliphatic hydroxyl groups excluding tert-OH is 1. The lowest BCUT2D eigenvalue weighted by molar-refractivity contribution is -0.150. The molecule has 0 aromatic rings. The van der Waals surface area contributed by atoms with Gasteiger partial charge in [-0.3, -0.25) is 0 Å². The molecule has 88 valence electrons. The van der Waals surface area contributed by atoms with Crippen LogP contribution in [0.3, 0.4) is 0 Å². The molecule has 1 saturated carbocycles. The predicted molar refractivity (Wildman–Crippen MR) is 57.5 cm³/mol. The van der Waals surface area contributed by atoms with E-state index in [1.165, 1.54) is 5.57 Å². The van der Waals surface area contributed by atoms with E-state index in [9.17, 15) is 4.79 Å². The highest BCUT2D eigenvalue weighted by molar-refractivity contribution is 5.70. The zero-order chi connectivity index (χ0) is 11.7. The van der Waals surface area contributed by atoms with Crippen molar-refractivity contribution in [1.82, 2.24) is 0 Å². The fourth-order valence-corrected chi connectivity index (χ4v) is 1.42. The Morgan fingerprint density at radius 1 is 1.60 bits per heavy atom. The summed E-state index contributed by atoms with van der Waals surface area (Å²) in [6.07, 6.45) is 3.07. The largest absolute Gasteiger partial charge is 0.464 e. The molecule has 0 radical (unpaired) electrons. The zero-order valence-electron chi connectivity index (χ0n) is 9.49. The maximum absolute atomic E-state index is 10.9. The molecule has 0 saturated heterocycles. The van der Waals surface area contributed by atoms with Gasteiger partial charge in [0.15, 0.2) is 0 Å². The van der Waals surface area contributed by atoms with E-state index in [2.05, 4.69) is 6.58 Å². The molecule has 15 heavy (non-hydrogen) atoms. The van der Waals surface area contributed by atoms with E-state index in [4.69, 9.17) is 14.6 Å². The number of esters is 1. The average Bonchev–Trinajstić information content (AvgIpc) is 2.65. The smallest absolute Gasteiger partial charge is 0.332 e. The van der Waals surface area contributed by atoms with Gasteiger partial charge in [-0.1, -0.05) is 12.2 Å². The second-order valence-electron chi connectivity index (χ2n) is 3.23. The van der Waals surface area contributed by atoms with Crippen LogP contribution in [0.1, 0.15) is 26.2 Å². The van der Waals surface area contributed by atoms with Crippen LogP contribution in [0.2, 0.25) is 0 Å². The highest BCUT2D eigenvalue weighted by Gasteiger charge is 2.19. The third-order valence-corrected chi connectivity index (χ3v) is 2.08. The van der Waals surface area contributed by atoms with Gasteiger partial charge in [0, 0.05) is 7.11 Å². The molecule has 0 bridgehead atoms. The van der Waals surface area contributed by atoms with E-state index in [1.54, 1.807) is 6.92 Å². The van der Waals surface area contributed by atoms with Crippen LogP contribution in [0.4, 0.5) is 0 Å². The van der Waals surface area contributed by atoms with Gasteiger partial charge >= 0.3 is 5.97 Å². The van der Waals surface area contributed by atoms with Gasteiger partial charge in [0.1, 0.15) is 6.61 Å². The Balaban J connectivity index is 0.000000921. The lowest BCUT2D eigenvalue weighted by Crippen LogP contribution is -2.17. The molecule has 0 aromatic carbocycles. The van der Waals surface area contributed by atoms with Crippen LogP contribution >= 0.6 is 0 Å². The van der Waals surface area contributed by atoms with Gasteiger partial charge in [0.2, 0.25) is 0 Å². The number of aliphatic hydroxyl groups is 1. The Morgan fingerprint density at radius 2 is 2.27 bits per heavy atom. The number of carbonyl (C=O) groups excluding carboxylic acids is 1. The Hall–Kier alpha value is -0.870. The second kappa shape index (κ2) is 8.44. The Bertz CT molecular complexity index is 201. The van der Waals surface area contributed by atoms with Crippen molar-refractivity contribution in [2.45, 2.75) is 32.3 Å². The summed E-state index contributed by atoms with van der Waals surface area (Å²) in [6.45, 7) is 6.15. The van der Waals surface area contributed by atoms with E-state index < -0.39 is 0 Å². The van der Waals surface area contributed by atoms with E-state index in [1.807, 2.05) is 0 Å². The number of carbonyl (C=O) groups is 1. The first-order valence-electron chi connectivity index (χ1n) is 5.11. The summed E-state index contributed by atoms with van der Waals surface area (Å²) in [5.74, 6) is -0.278. The first-order valence-corrected chi connectivity index (χ1v) is 5.11. The SMILES string of the molecule is C=C1CCC(OCC(=O)OCC)C1.CO. The molecule has 4 heteroatoms. The molecule has 1 N–H and O–H groups in total. The first-order chi connectivity index (χ1) is 7.22. The third-order valence-electron chi connectivity index (χ3n) is 2.08.